The molecule has 1 radical (unpaired) electrons. The number of carbonyl (C=O) groups is 1. The Bertz CT molecular complexity index is 552. The van der Waals surface area contributed by atoms with Crippen LogP contribution in [0.15, 0.2) is 60.7 Å². The molecular weight excluding hydrogens is 260 g/mol. The first-order valence-corrected chi connectivity index (χ1v) is 7.48. The largest absolute Gasteiger partial charge is 0.481 e. The summed E-state index contributed by atoms with van der Waals surface area (Å²) >= 11 is 0. The zero-order valence-electron chi connectivity index (χ0n) is 11.9. The molecule has 0 saturated heterocycles. The summed E-state index contributed by atoms with van der Waals surface area (Å²) in [5.74, 6) is 0.357. The predicted octanol–water partition coefficient (Wildman–Crippen LogP) is 4.16. The van der Waals surface area contributed by atoms with Gasteiger partial charge in [-0.25, -0.2) is 0 Å². The van der Waals surface area contributed by atoms with Gasteiger partial charge in [-0.05, 0) is 29.9 Å². The van der Waals surface area contributed by atoms with Crippen molar-refractivity contribution in [3.8, 4) is 0 Å². The molecule has 0 amide bonds. The number of aliphatic carboxylic acids is 1. The zero-order chi connectivity index (χ0) is 14.7. The molecule has 0 spiro atoms. The third-order valence-corrected chi connectivity index (χ3v) is 4.37. The summed E-state index contributed by atoms with van der Waals surface area (Å²) in [5, 5.41) is 9.51. The Labute approximate surface area is 125 Å². The molecule has 2 nitrogen and oxygen atoms in total. The molecule has 2 heteroatoms. The first-order valence-electron chi connectivity index (χ1n) is 7.48. The SMILES string of the molecule is O=C(O)C1CCCC1[C](c1ccccc1)c1ccccc1. The van der Waals surface area contributed by atoms with E-state index in [1.165, 1.54) is 5.92 Å². The van der Waals surface area contributed by atoms with Gasteiger partial charge in [0.1, 0.15) is 0 Å². The van der Waals surface area contributed by atoms with Gasteiger partial charge in [-0.15, -0.1) is 0 Å². The molecule has 0 aromatic heterocycles. The Kier molecular flexibility index (Phi) is 4.05. The smallest absolute Gasteiger partial charge is 0.306 e. The Morgan fingerprint density at radius 3 is 1.76 bits per heavy atom. The average Bonchev–Trinajstić information content (AvgIpc) is 2.99. The number of carboxylic acid groups (broad SMARTS) is 1. The van der Waals surface area contributed by atoms with Gasteiger partial charge < -0.3 is 5.11 Å². The van der Waals surface area contributed by atoms with E-state index in [0.29, 0.717) is 0 Å². The molecule has 107 valence electrons. The highest BCUT2D eigenvalue weighted by Gasteiger charge is 2.39. The van der Waals surface area contributed by atoms with Crippen molar-refractivity contribution in [2.24, 2.45) is 11.8 Å². The maximum absolute atomic E-state index is 11.6. The highest BCUT2D eigenvalue weighted by atomic mass is 16.4. The minimum Gasteiger partial charge on any atom is -0.481 e. The predicted molar refractivity (Wildman–Crippen MR) is 82.8 cm³/mol. The molecule has 21 heavy (non-hydrogen) atoms. The van der Waals surface area contributed by atoms with Crippen molar-refractivity contribution < 1.29 is 9.90 Å². The number of carboxylic acids is 1. The maximum atomic E-state index is 11.6. The number of rotatable bonds is 4. The molecule has 1 fully saturated rings. The second-order valence-electron chi connectivity index (χ2n) is 5.63. The van der Waals surface area contributed by atoms with E-state index in [-0.39, 0.29) is 11.8 Å². The van der Waals surface area contributed by atoms with Gasteiger partial charge in [-0.3, -0.25) is 4.79 Å². The molecule has 2 atom stereocenters. The summed E-state index contributed by atoms with van der Waals surface area (Å²) in [6.07, 6.45) is 2.73. The van der Waals surface area contributed by atoms with Crippen molar-refractivity contribution in [2.45, 2.75) is 19.3 Å². The summed E-state index contributed by atoms with van der Waals surface area (Å²) in [6, 6.07) is 20.4. The van der Waals surface area contributed by atoms with Gasteiger partial charge in [0.05, 0.1) is 5.92 Å². The molecule has 2 unspecified atom stereocenters. The van der Waals surface area contributed by atoms with Crippen molar-refractivity contribution in [3.63, 3.8) is 0 Å². The molecule has 2 aromatic carbocycles. The van der Waals surface area contributed by atoms with Crippen LogP contribution in [0, 0.1) is 17.8 Å². The highest BCUT2D eigenvalue weighted by molar-refractivity contribution is 5.72. The van der Waals surface area contributed by atoms with Crippen LogP contribution in [0.25, 0.3) is 0 Å². The third kappa shape index (κ3) is 2.85. The zero-order valence-corrected chi connectivity index (χ0v) is 11.9. The Morgan fingerprint density at radius 2 is 1.29 bits per heavy atom. The molecule has 0 aliphatic heterocycles. The lowest BCUT2D eigenvalue weighted by Gasteiger charge is -2.27. The van der Waals surface area contributed by atoms with Gasteiger partial charge >= 0.3 is 5.97 Å². The van der Waals surface area contributed by atoms with E-state index in [9.17, 15) is 9.90 Å². The lowest BCUT2D eigenvalue weighted by molar-refractivity contribution is -0.142. The molecule has 2 aromatic rings. The van der Waals surface area contributed by atoms with E-state index in [1.54, 1.807) is 0 Å². The lowest BCUT2D eigenvalue weighted by Crippen LogP contribution is -2.25. The molecule has 1 saturated carbocycles. The van der Waals surface area contributed by atoms with E-state index in [1.807, 2.05) is 36.4 Å². The standard InChI is InChI=1S/C19H19O2/c20-19(21)17-13-7-12-16(17)18(14-8-3-1-4-9-14)15-10-5-2-6-11-15/h1-6,8-11,16-17H,7,12-13H2,(H,20,21). The molecule has 1 aliphatic carbocycles. The van der Waals surface area contributed by atoms with E-state index in [4.69, 9.17) is 0 Å². The van der Waals surface area contributed by atoms with Gasteiger partial charge in [0.15, 0.2) is 0 Å². The van der Waals surface area contributed by atoms with Crippen molar-refractivity contribution >= 4 is 5.97 Å². The van der Waals surface area contributed by atoms with Crippen molar-refractivity contribution in [1.82, 2.24) is 0 Å². The van der Waals surface area contributed by atoms with Crippen molar-refractivity contribution in [1.29, 1.82) is 0 Å². The molecule has 0 heterocycles. The molecule has 1 aliphatic rings. The number of hydrogen-bond donors (Lipinski definition) is 1. The maximum Gasteiger partial charge on any atom is 0.306 e. The van der Waals surface area contributed by atoms with Gasteiger partial charge in [0.2, 0.25) is 0 Å². The minimum atomic E-state index is -0.665. The van der Waals surface area contributed by atoms with E-state index >= 15 is 0 Å². The van der Waals surface area contributed by atoms with E-state index in [0.717, 1.165) is 30.4 Å². The van der Waals surface area contributed by atoms with Crippen LogP contribution in [0.4, 0.5) is 0 Å². The van der Waals surface area contributed by atoms with Crippen LogP contribution in [0.5, 0.6) is 0 Å². The second-order valence-corrected chi connectivity index (χ2v) is 5.63. The molecule has 0 bridgehead atoms. The first kappa shape index (κ1) is 13.9. The monoisotopic (exact) mass is 279 g/mol. The summed E-state index contributed by atoms with van der Waals surface area (Å²) < 4.78 is 0. The summed E-state index contributed by atoms with van der Waals surface area (Å²) in [5.41, 5.74) is 2.28. The number of hydrogen-bond acceptors (Lipinski definition) is 1. The van der Waals surface area contributed by atoms with Crippen LogP contribution in [0.1, 0.15) is 30.4 Å². The topological polar surface area (TPSA) is 37.3 Å². The van der Waals surface area contributed by atoms with E-state index < -0.39 is 5.97 Å². The van der Waals surface area contributed by atoms with Crippen LogP contribution < -0.4 is 0 Å². The van der Waals surface area contributed by atoms with Crippen LogP contribution in [-0.2, 0) is 4.79 Å². The van der Waals surface area contributed by atoms with Crippen LogP contribution in [0.2, 0.25) is 0 Å². The quantitative estimate of drug-likeness (QED) is 0.912. The van der Waals surface area contributed by atoms with Gasteiger partial charge in [-0.2, -0.15) is 0 Å². The van der Waals surface area contributed by atoms with Gasteiger partial charge in [-0.1, -0.05) is 67.1 Å². The molecule has 3 rings (SSSR count). The normalized spacial score (nSPS) is 21.6. The van der Waals surface area contributed by atoms with Crippen LogP contribution in [0.3, 0.4) is 0 Å². The highest BCUT2D eigenvalue weighted by Crippen LogP contribution is 2.44. The summed E-state index contributed by atoms with van der Waals surface area (Å²) in [6.45, 7) is 0. The van der Waals surface area contributed by atoms with Crippen molar-refractivity contribution in [2.75, 3.05) is 0 Å². The Balaban J connectivity index is 2.03. The minimum absolute atomic E-state index is 0.104. The fourth-order valence-corrected chi connectivity index (χ4v) is 3.43. The van der Waals surface area contributed by atoms with Crippen LogP contribution in [-0.4, -0.2) is 11.1 Å². The Hall–Kier alpha value is -2.09. The van der Waals surface area contributed by atoms with Gasteiger partial charge in [0, 0.05) is 5.92 Å². The summed E-state index contributed by atoms with van der Waals surface area (Å²) in [4.78, 5) is 11.6. The second kappa shape index (κ2) is 6.13. The fraction of sp³-hybridized carbons (Fsp3) is 0.263. The molecule has 1 N–H and O–H groups in total. The Morgan fingerprint density at radius 1 is 0.810 bits per heavy atom. The summed E-state index contributed by atoms with van der Waals surface area (Å²) in [7, 11) is 0. The van der Waals surface area contributed by atoms with E-state index in [2.05, 4.69) is 24.3 Å². The lowest BCUT2D eigenvalue weighted by atomic mass is 9.76. The number of benzene rings is 2. The van der Waals surface area contributed by atoms with Crippen LogP contribution >= 0.6 is 0 Å². The average molecular weight is 279 g/mol. The van der Waals surface area contributed by atoms with Crippen molar-refractivity contribution in [3.05, 3.63) is 77.7 Å². The molecular formula is C19H19O2. The fourth-order valence-electron chi connectivity index (χ4n) is 3.43. The van der Waals surface area contributed by atoms with Gasteiger partial charge in [0.25, 0.3) is 0 Å². The third-order valence-electron chi connectivity index (χ3n) is 4.37. The first-order chi connectivity index (χ1) is 10.3.